The van der Waals surface area contributed by atoms with Crippen molar-refractivity contribution in [1.82, 2.24) is 9.88 Å². The fourth-order valence-electron chi connectivity index (χ4n) is 1.83. The molecule has 1 aliphatic heterocycles. The standard InChI is InChI=1S/C10H13Cl2N3/c11-8-5-14-10(13)9(12)7(8)6-15-3-1-2-4-15/h5H,1-4,6H2,(H2,13,14). The van der Waals surface area contributed by atoms with Gasteiger partial charge in [0.25, 0.3) is 0 Å². The zero-order valence-corrected chi connectivity index (χ0v) is 9.85. The molecule has 5 heteroatoms. The van der Waals surface area contributed by atoms with Crippen LogP contribution in [0, 0.1) is 0 Å². The summed E-state index contributed by atoms with van der Waals surface area (Å²) in [5.41, 5.74) is 6.54. The van der Waals surface area contributed by atoms with E-state index in [0.717, 1.165) is 25.2 Å². The second kappa shape index (κ2) is 4.56. The molecular formula is C10H13Cl2N3. The van der Waals surface area contributed by atoms with Gasteiger partial charge in [0.05, 0.1) is 10.0 Å². The third kappa shape index (κ3) is 2.36. The first-order valence-corrected chi connectivity index (χ1v) is 5.75. The van der Waals surface area contributed by atoms with Gasteiger partial charge in [0.1, 0.15) is 5.82 Å². The number of rotatable bonds is 2. The smallest absolute Gasteiger partial charge is 0.142 e. The summed E-state index contributed by atoms with van der Waals surface area (Å²) in [5.74, 6) is 0.357. The number of hydrogen-bond acceptors (Lipinski definition) is 3. The van der Waals surface area contributed by atoms with Gasteiger partial charge >= 0.3 is 0 Å². The molecule has 0 aromatic carbocycles. The molecule has 3 nitrogen and oxygen atoms in total. The second-order valence-electron chi connectivity index (χ2n) is 3.77. The van der Waals surface area contributed by atoms with Crippen LogP contribution in [0.15, 0.2) is 6.20 Å². The number of halogens is 2. The Morgan fingerprint density at radius 2 is 2.00 bits per heavy atom. The van der Waals surface area contributed by atoms with E-state index in [1.807, 2.05) is 0 Å². The van der Waals surface area contributed by atoms with Gasteiger partial charge in [-0.2, -0.15) is 0 Å². The lowest BCUT2D eigenvalue weighted by atomic mass is 10.2. The highest BCUT2D eigenvalue weighted by atomic mass is 35.5. The lowest BCUT2D eigenvalue weighted by Gasteiger charge is -2.16. The molecule has 0 unspecified atom stereocenters. The lowest BCUT2D eigenvalue weighted by molar-refractivity contribution is 0.331. The average molecular weight is 246 g/mol. The summed E-state index contributed by atoms with van der Waals surface area (Å²) < 4.78 is 0. The average Bonchev–Trinajstić information content (AvgIpc) is 2.71. The van der Waals surface area contributed by atoms with E-state index in [4.69, 9.17) is 28.9 Å². The van der Waals surface area contributed by atoms with E-state index in [2.05, 4.69) is 9.88 Å². The molecule has 0 atom stereocenters. The molecule has 0 bridgehead atoms. The van der Waals surface area contributed by atoms with E-state index in [9.17, 15) is 0 Å². The molecule has 0 spiro atoms. The topological polar surface area (TPSA) is 42.1 Å². The number of likely N-dealkylation sites (tertiary alicyclic amines) is 1. The van der Waals surface area contributed by atoms with Crippen molar-refractivity contribution in [1.29, 1.82) is 0 Å². The highest BCUT2D eigenvalue weighted by Crippen LogP contribution is 2.29. The summed E-state index contributed by atoms with van der Waals surface area (Å²) >= 11 is 12.1. The Kier molecular flexibility index (Phi) is 3.34. The normalized spacial score (nSPS) is 17.2. The predicted molar refractivity (Wildman–Crippen MR) is 63.2 cm³/mol. The van der Waals surface area contributed by atoms with Crippen molar-refractivity contribution in [3.63, 3.8) is 0 Å². The summed E-state index contributed by atoms with van der Waals surface area (Å²) in [7, 11) is 0. The quantitative estimate of drug-likeness (QED) is 0.871. The summed E-state index contributed by atoms with van der Waals surface area (Å²) in [6.45, 7) is 2.98. The molecule has 0 amide bonds. The van der Waals surface area contributed by atoms with E-state index < -0.39 is 0 Å². The molecule has 2 N–H and O–H groups in total. The molecular weight excluding hydrogens is 233 g/mol. The van der Waals surface area contributed by atoms with Crippen molar-refractivity contribution in [3.05, 3.63) is 21.8 Å². The Morgan fingerprint density at radius 3 is 2.67 bits per heavy atom. The fraction of sp³-hybridized carbons (Fsp3) is 0.500. The number of hydrogen-bond donors (Lipinski definition) is 1. The summed E-state index contributed by atoms with van der Waals surface area (Å²) in [6, 6.07) is 0. The summed E-state index contributed by atoms with van der Waals surface area (Å²) in [4.78, 5) is 6.23. The Morgan fingerprint density at radius 1 is 1.33 bits per heavy atom. The second-order valence-corrected chi connectivity index (χ2v) is 4.55. The monoisotopic (exact) mass is 245 g/mol. The first kappa shape index (κ1) is 11.0. The van der Waals surface area contributed by atoms with Crippen molar-refractivity contribution in [2.75, 3.05) is 18.8 Å². The Hall–Kier alpha value is -0.510. The maximum absolute atomic E-state index is 6.08. The van der Waals surface area contributed by atoms with Crippen LogP contribution in [0.1, 0.15) is 18.4 Å². The molecule has 15 heavy (non-hydrogen) atoms. The first-order valence-electron chi connectivity index (χ1n) is 4.99. The van der Waals surface area contributed by atoms with Crippen LogP contribution in [0.25, 0.3) is 0 Å². The van der Waals surface area contributed by atoms with Crippen molar-refractivity contribution >= 4 is 29.0 Å². The van der Waals surface area contributed by atoms with Crippen molar-refractivity contribution < 1.29 is 0 Å². The number of nitrogen functional groups attached to an aromatic ring is 1. The largest absolute Gasteiger partial charge is 0.382 e. The lowest BCUT2D eigenvalue weighted by Crippen LogP contribution is -2.19. The third-order valence-electron chi connectivity index (χ3n) is 2.68. The van der Waals surface area contributed by atoms with Crippen LogP contribution in [0.3, 0.4) is 0 Å². The highest BCUT2D eigenvalue weighted by molar-refractivity contribution is 6.37. The van der Waals surface area contributed by atoms with Gasteiger partial charge in [-0.3, -0.25) is 4.90 Å². The molecule has 82 valence electrons. The van der Waals surface area contributed by atoms with Crippen LogP contribution in [-0.2, 0) is 6.54 Å². The van der Waals surface area contributed by atoms with Gasteiger partial charge in [-0.05, 0) is 25.9 Å². The Labute approximate surface area is 99.2 Å². The SMILES string of the molecule is Nc1ncc(Cl)c(CN2CCCC2)c1Cl. The van der Waals surface area contributed by atoms with Crippen molar-refractivity contribution in [2.45, 2.75) is 19.4 Å². The molecule has 0 radical (unpaired) electrons. The minimum Gasteiger partial charge on any atom is -0.382 e. The number of anilines is 1. The molecule has 2 rings (SSSR count). The Bertz CT molecular complexity index is 362. The van der Waals surface area contributed by atoms with E-state index in [1.165, 1.54) is 12.8 Å². The van der Waals surface area contributed by atoms with Gasteiger partial charge in [0.15, 0.2) is 0 Å². The van der Waals surface area contributed by atoms with Crippen LogP contribution >= 0.6 is 23.2 Å². The van der Waals surface area contributed by atoms with E-state index in [0.29, 0.717) is 15.9 Å². The first-order chi connectivity index (χ1) is 7.18. The highest BCUT2D eigenvalue weighted by Gasteiger charge is 2.17. The van der Waals surface area contributed by atoms with Gasteiger partial charge in [-0.25, -0.2) is 4.98 Å². The zero-order chi connectivity index (χ0) is 10.8. The van der Waals surface area contributed by atoms with Crippen molar-refractivity contribution in [3.8, 4) is 0 Å². The van der Waals surface area contributed by atoms with Gasteiger partial charge in [-0.1, -0.05) is 23.2 Å². The molecule has 1 aliphatic rings. The zero-order valence-electron chi connectivity index (χ0n) is 8.34. The maximum atomic E-state index is 6.08. The number of nitrogens with two attached hydrogens (primary N) is 1. The van der Waals surface area contributed by atoms with Crippen LogP contribution in [0.5, 0.6) is 0 Å². The minimum absolute atomic E-state index is 0.357. The maximum Gasteiger partial charge on any atom is 0.142 e. The van der Waals surface area contributed by atoms with E-state index in [-0.39, 0.29) is 0 Å². The molecule has 1 saturated heterocycles. The van der Waals surface area contributed by atoms with Gasteiger partial charge in [-0.15, -0.1) is 0 Å². The van der Waals surface area contributed by atoms with Gasteiger partial charge in [0, 0.05) is 18.3 Å². The third-order valence-corrected chi connectivity index (χ3v) is 3.42. The summed E-state index contributed by atoms with van der Waals surface area (Å²) in [5, 5.41) is 1.09. The molecule has 1 aromatic heterocycles. The number of nitrogens with zero attached hydrogens (tertiary/aromatic N) is 2. The van der Waals surface area contributed by atoms with E-state index >= 15 is 0 Å². The van der Waals surface area contributed by atoms with Crippen LogP contribution in [0.4, 0.5) is 5.82 Å². The predicted octanol–water partition coefficient (Wildman–Crippen LogP) is 2.57. The summed E-state index contributed by atoms with van der Waals surface area (Å²) in [6.07, 6.45) is 4.06. The van der Waals surface area contributed by atoms with Crippen LogP contribution in [-0.4, -0.2) is 23.0 Å². The van der Waals surface area contributed by atoms with Crippen molar-refractivity contribution in [2.24, 2.45) is 0 Å². The molecule has 1 fully saturated rings. The number of pyridine rings is 1. The molecule has 0 saturated carbocycles. The van der Waals surface area contributed by atoms with Crippen LogP contribution < -0.4 is 5.73 Å². The van der Waals surface area contributed by atoms with Gasteiger partial charge in [0.2, 0.25) is 0 Å². The number of aromatic nitrogens is 1. The van der Waals surface area contributed by atoms with Crippen LogP contribution in [0.2, 0.25) is 10.0 Å². The Balaban J connectivity index is 2.22. The minimum atomic E-state index is 0.357. The van der Waals surface area contributed by atoms with E-state index in [1.54, 1.807) is 6.20 Å². The van der Waals surface area contributed by atoms with Gasteiger partial charge < -0.3 is 5.73 Å². The molecule has 1 aromatic rings. The molecule has 0 aliphatic carbocycles. The molecule has 2 heterocycles. The fourth-order valence-corrected chi connectivity index (χ4v) is 2.29.